The maximum absolute atomic E-state index is 4.41. The SMILES string of the molecule is Cn1ccc(CCNC(c2cccs2)c2cccs2)n1. The summed E-state index contributed by atoms with van der Waals surface area (Å²) in [5.41, 5.74) is 1.14. The van der Waals surface area contributed by atoms with Crippen LogP contribution in [0.15, 0.2) is 47.3 Å². The lowest BCUT2D eigenvalue weighted by atomic mass is 10.2. The van der Waals surface area contributed by atoms with E-state index in [2.05, 4.69) is 51.5 Å². The Morgan fingerprint density at radius 3 is 2.35 bits per heavy atom. The van der Waals surface area contributed by atoms with Crippen molar-refractivity contribution in [2.24, 2.45) is 7.05 Å². The van der Waals surface area contributed by atoms with E-state index < -0.39 is 0 Å². The van der Waals surface area contributed by atoms with E-state index in [4.69, 9.17) is 0 Å². The van der Waals surface area contributed by atoms with Crippen molar-refractivity contribution in [1.29, 1.82) is 0 Å². The lowest BCUT2D eigenvalue weighted by Gasteiger charge is -2.15. The molecule has 0 aliphatic carbocycles. The van der Waals surface area contributed by atoms with Crippen molar-refractivity contribution >= 4 is 22.7 Å². The fourth-order valence-electron chi connectivity index (χ4n) is 2.19. The van der Waals surface area contributed by atoms with Gasteiger partial charge in [0.05, 0.1) is 11.7 Å². The fourth-order valence-corrected chi connectivity index (χ4v) is 3.90. The van der Waals surface area contributed by atoms with E-state index in [0.29, 0.717) is 6.04 Å². The Bertz CT molecular complexity index is 592. The monoisotopic (exact) mass is 303 g/mol. The van der Waals surface area contributed by atoms with Gasteiger partial charge in [-0.1, -0.05) is 12.1 Å². The van der Waals surface area contributed by atoms with Gasteiger partial charge in [0.25, 0.3) is 0 Å². The number of nitrogens with zero attached hydrogens (tertiary/aromatic N) is 2. The maximum atomic E-state index is 4.41. The van der Waals surface area contributed by atoms with E-state index in [0.717, 1.165) is 18.7 Å². The number of nitrogens with one attached hydrogen (secondary N) is 1. The van der Waals surface area contributed by atoms with Crippen molar-refractivity contribution in [2.75, 3.05) is 6.54 Å². The quantitative estimate of drug-likeness (QED) is 0.756. The summed E-state index contributed by atoms with van der Waals surface area (Å²) < 4.78 is 1.85. The minimum atomic E-state index is 0.304. The molecule has 1 N–H and O–H groups in total. The van der Waals surface area contributed by atoms with Gasteiger partial charge in [-0.05, 0) is 29.0 Å². The van der Waals surface area contributed by atoms with Gasteiger partial charge in [0.2, 0.25) is 0 Å². The Hall–Kier alpha value is -1.43. The molecule has 3 heterocycles. The normalized spacial score (nSPS) is 11.3. The molecule has 0 unspecified atom stereocenters. The number of aromatic nitrogens is 2. The molecule has 0 aromatic carbocycles. The summed E-state index contributed by atoms with van der Waals surface area (Å²) in [4.78, 5) is 2.74. The van der Waals surface area contributed by atoms with Gasteiger partial charge < -0.3 is 5.32 Å². The Kier molecular flexibility index (Phi) is 4.30. The number of hydrogen-bond donors (Lipinski definition) is 1. The van der Waals surface area contributed by atoms with E-state index in [1.165, 1.54) is 9.75 Å². The van der Waals surface area contributed by atoms with Crippen LogP contribution in [-0.4, -0.2) is 16.3 Å². The molecule has 0 saturated heterocycles. The van der Waals surface area contributed by atoms with E-state index in [9.17, 15) is 0 Å². The molecule has 0 fully saturated rings. The Morgan fingerprint density at radius 2 is 1.85 bits per heavy atom. The zero-order valence-corrected chi connectivity index (χ0v) is 13.0. The van der Waals surface area contributed by atoms with Crippen LogP contribution in [0.3, 0.4) is 0 Å². The fraction of sp³-hybridized carbons (Fsp3) is 0.267. The van der Waals surface area contributed by atoms with Gasteiger partial charge in [-0.2, -0.15) is 5.10 Å². The first kappa shape index (κ1) is 13.5. The molecule has 104 valence electrons. The number of rotatable bonds is 6. The van der Waals surface area contributed by atoms with Crippen LogP contribution in [0.2, 0.25) is 0 Å². The molecule has 5 heteroatoms. The molecule has 3 nitrogen and oxygen atoms in total. The Balaban J connectivity index is 1.65. The summed E-state index contributed by atoms with van der Waals surface area (Å²) in [6.45, 7) is 0.928. The third-order valence-corrected chi connectivity index (χ3v) is 5.03. The first-order valence-electron chi connectivity index (χ1n) is 6.61. The summed E-state index contributed by atoms with van der Waals surface area (Å²) in [7, 11) is 1.96. The zero-order valence-electron chi connectivity index (χ0n) is 11.3. The number of thiophene rings is 2. The summed E-state index contributed by atoms with van der Waals surface area (Å²) in [6, 6.07) is 11.0. The van der Waals surface area contributed by atoms with E-state index in [-0.39, 0.29) is 0 Å². The third-order valence-electron chi connectivity index (χ3n) is 3.15. The molecule has 3 aromatic heterocycles. The van der Waals surface area contributed by atoms with Crippen LogP contribution in [0.5, 0.6) is 0 Å². The van der Waals surface area contributed by atoms with Gasteiger partial charge in [0, 0.05) is 36.0 Å². The molecular weight excluding hydrogens is 286 g/mol. The van der Waals surface area contributed by atoms with Crippen molar-refractivity contribution in [3.63, 3.8) is 0 Å². The van der Waals surface area contributed by atoms with Crippen LogP contribution in [0.1, 0.15) is 21.5 Å². The maximum Gasteiger partial charge on any atom is 0.0764 e. The molecule has 3 rings (SSSR count). The minimum Gasteiger partial charge on any atom is -0.305 e. The van der Waals surface area contributed by atoms with E-state index in [1.54, 1.807) is 22.7 Å². The van der Waals surface area contributed by atoms with Crippen molar-refractivity contribution in [3.05, 3.63) is 62.7 Å². The van der Waals surface area contributed by atoms with Gasteiger partial charge in [0.1, 0.15) is 0 Å². The first-order valence-corrected chi connectivity index (χ1v) is 8.37. The molecule has 0 saturated carbocycles. The van der Waals surface area contributed by atoms with Crippen LogP contribution in [0, 0.1) is 0 Å². The smallest absolute Gasteiger partial charge is 0.0764 e. The molecule has 0 aliphatic heterocycles. The molecule has 0 spiro atoms. The predicted octanol–water partition coefficient (Wildman–Crippen LogP) is 3.46. The van der Waals surface area contributed by atoms with E-state index in [1.807, 2.05) is 17.9 Å². The van der Waals surface area contributed by atoms with Crippen LogP contribution in [0.25, 0.3) is 0 Å². The second-order valence-electron chi connectivity index (χ2n) is 4.65. The predicted molar refractivity (Wildman–Crippen MR) is 85.4 cm³/mol. The largest absolute Gasteiger partial charge is 0.305 e. The van der Waals surface area contributed by atoms with Crippen LogP contribution in [-0.2, 0) is 13.5 Å². The molecular formula is C15H17N3S2. The first-order chi connectivity index (χ1) is 9.83. The molecule has 0 bridgehead atoms. The van der Waals surface area contributed by atoms with Gasteiger partial charge in [-0.25, -0.2) is 0 Å². The number of hydrogen-bond acceptors (Lipinski definition) is 4. The second-order valence-corrected chi connectivity index (χ2v) is 6.61. The van der Waals surface area contributed by atoms with Crippen molar-refractivity contribution in [2.45, 2.75) is 12.5 Å². The highest BCUT2D eigenvalue weighted by Crippen LogP contribution is 2.28. The van der Waals surface area contributed by atoms with Gasteiger partial charge in [0.15, 0.2) is 0 Å². The highest BCUT2D eigenvalue weighted by atomic mass is 32.1. The van der Waals surface area contributed by atoms with Crippen molar-refractivity contribution in [3.8, 4) is 0 Å². The molecule has 0 radical (unpaired) electrons. The average Bonchev–Trinajstić information content (AvgIpc) is 3.18. The average molecular weight is 303 g/mol. The highest BCUT2D eigenvalue weighted by Gasteiger charge is 2.15. The van der Waals surface area contributed by atoms with Crippen LogP contribution < -0.4 is 5.32 Å². The Morgan fingerprint density at radius 1 is 1.15 bits per heavy atom. The summed E-state index contributed by atoms with van der Waals surface area (Å²) >= 11 is 3.61. The highest BCUT2D eigenvalue weighted by molar-refractivity contribution is 7.11. The van der Waals surface area contributed by atoms with E-state index >= 15 is 0 Å². The number of aryl methyl sites for hydroxylation is 1. The molecule has 0 amide bonds. The van der Waals surface area contributed by atoms with Gasteiger partial charge in [-0.3, -0.25) is 4.68 Å². The lowest BCUT2D eigenvalue weighted by molar-refractivity contribution is 0.611. The van der Waals surface area contributed by atoms with Crippen LogP contribution >= 0.6 is 22.7 Å². The van der Waals surface area contributed by atoms with Crippen molar-refractivity contribution in [1.82, 2.24) is 15.1 Å². The van der Waals surface area contributed by atoms with Gasteiger partial charge >= 0.3 is 0 Å². The second kappa shape index (κ2) is 6.35. The minimum absolute atomic E-state index is 0.304. The summed E-state index contributed by atoms with van der Waals surface area (Å²) in [6.07, 6.45) is 2.94. The third kappa shape index (κ3) is 3.17. The molecule has 3 aromatic rings. The molecule has 0 atom stereocenters. The molecule has 20 heavy (non-hydrogen) atoms. The van der Waals surface area contributed by atoms with Crippen LogP contribution in [0.4, 0.5) is 0 Å². The molecule has 0 aliphatic rings. The zero-order chi connectivity index (χ0) is 13.8. The van der Waals surface area contributed by atoms with Gasteiger partial charge in [-0.15, -0.1) is 22.7 Å². The van der Waals surface area contributed by atoms with Crippen molar-refractivity contribution < 1.29 is 0 Å². The summed E-state index contributed by atoms with van der Waals surface area (Å²) in [5.74, 6) is 0. The summed E-state index contributed by atoms with van der Waals surface area (Å²) in [5, 5.41) is 12.3. The topological polar surface area (TPSA) is 29.9 Å². The Labute approximate surface area is 126 Å². The standard InChI is InChI=1S/C15H17N3S2/c1-18-9-7-12(17-18)6-8-16-15(13-4-2-10-19-13)14-5-3-11-20-14/h2-5,7,9-11,15-16H,6,8H2,1H3. The lowest BCUT2D eigenvalue weighted by Crippen LogP contribution is -2.23.